The SMILES string of the molecule is Cc1ccc(S(=O)(=O)n2c3c(c4cc(F)ccc42)CN(C(=O)OC(C)(C)C)CC3)cc1. The first-order valence-electron chi connectivity index (χ1n) is 10.1. The van der Waals surface area contributed by atoms with Gasteiger partial charge in [-0.05, 0) is 58.0 Å². The average molecular weight is 445 g/mol. The number of hydrogen-bond acceptors (Lipinski definition) is 4. The molecule has 8 heteroatoms. The molecule has 3 aromatic rings. The van der Waals surface area contributed by atoms with Crippen molar-refractivity contribution in [2.24, 2.45) is 0 Å². The number of halogens is 1. The van der Waals surface area contributed by atoms with Crippen molar-refractivity contribution in [2.45, 2.75) is 51.2 Å². The quantitative estimate of drug-likeness (QED) is 0.578. The van der Waals surface area contributed by atoms with E-state index in [0.29, 0.717) is 35.1 Å². The van der Waals surface area contributed by atoms with Crippen molar-refractivity contribution in [3.63, 3.8) is 0 Å². The molecule has 0 aliphatic carbocycles. The van der Waals surface area contributed by atoms with Crippen LogP contribution >= 0.6 is 0 Å². The van der Waals surface area contributed by atoms with Crippen molar-refractivity contribution < 1.29 is 22.3 Å². The van der Waals surface area contributed by atoms with E-state index in [2.05, 4.69) is 0 Å². The van der Waals surface area contributed by atoms with Gasteiger partial charge in [-0.2, -0.15) is 0 Å². The second-order valence-corrected chi connectivity index (χ2v) is 10.6. The molecule has 0 saturated carbocycles. The van der Waals surface area contributed by atoms with Gasteiger partial charge in [-0.3, -0.25) is 0 Å². The smallest absolute Gasteiger partial charge is 0.410 e. The standard InChI is InChI=1S/C23H25FN2O4S/c1-15-5-8-17(9-6-15)31(28,29)26-20-10-7-16(24)13-18(20)19-14-25(12-11-21(19)26)22(27)30-23(2,3)4/h5-10,13H,11-12,14H2,1-4H3. The van der Waals surface area contributed by atoms with Gasteiger partial charge < -0.3 is 9.64 Å². The fraction of sp³-hybridized carbons (Fsp3) is 0.348. The molecule has 4 rings (SSSR count). The van der Waals surface area contributed by atoms with Gasteiger partial charge in [-0.1, -0.05) is 17.7 Å². The van der Waals surface area contributed by atoms with Crippen molar-refractivity contribution in [3.05, 3.63) is 65.1 Å². The van der Waals surface area contributed by atoms with Crippen LogP contribution in [0.25, 0.3) is 10.9 Å². The number of aromatic nitrogens is 1. The zero-order valence-electron chi connectivity index (χ0n) is 18.0. The molecule has 0 spiro atoms. The highest BCUT2D eigenvalue weighted by Gasteiger charge is 2.33. The van der Waals surface area contributed by atoms with Crippen LogP contribution in [0.4, 0.5) is 9.18 Å². The van der Waals surface area contributed by atoms with E-state index in [1.165, 1.54) is 27.1 Å². The van der Waals surface area contributed by atoms with E-state index < -0.39 is 27.5 Å². The summed E-state index contributed by atoms with van der Waals surface area (Å²) in [4.78, 5) is 14.3. The van der Waals surface area contributed by atoms with Gasteiger partial charge in [0.25, 0.3) is 10.0 Å². The van der Waals surface area contributed by atoms with E-state index in [1.807, 2.05) is 6.92 Å². The lowest BCUT2D eigenvalue weighted by atomic mass is 10.0. The lowest BCUT2D eigenvalue weighted by molar-refractivity contribution is 0.0224. The molecule has 2 aromatic carbocycles. The zero-order chi connectivity index (χ0) is 22.6. The van der Waals surface area contributed by atoms with Crippen LogP contribution in [0.2, 0.25) is 0 Å². The summed E-state index contributed by atoms with van der Waals surface area (Å²) in [6.07, 6.45) is -0.160. The molecule has 1 aliphatic rings. The van der Waals surface area contributed by atoms with Gasteiger partial charge >= 0.3 is 6.09 Å². The molecule has 1 aromatic heterocycles. The maximum Gasteiger partial charge on any atom is 0.410 e. The van der Waals surface area contributed by atoms with Crippen molar-refractivity contribution in [1.82, 2.24) is 8.87 Å². The molecule has 6 nitrogen and oxygen atoms in total. The topological polar surface area (TPSA) is 68.6 Å². The van der Waals surface area contributed by atoms with E-state index in [9.17, 15) is 17.6 Å². The largest absolute Gasteiger partial charge is 0.444 e. The fourth-order valence-electron chi connectivity index (χ4n) is 3.86. The van der Waals surface area contributed by atoms with Gasteiger partial charge in [-0.15, -0.1) is 0 Å². The van der Waals surface area contributed by atoms with Crippen LogP contribution in [0.3, 0.4) is 0 Å². The number of aryl methyl sites for hydroxylation is 1. The van der Waals surface area contributed by atoms with Crippen LogP contribution in [0, 0.1) is 12.7 Å². The molecule has 0 radical (unpaired) electrons. The summed E-state index contributed by atoms with van der Waals surface area (Å²) in [5.41, 5.74) is 1.90. The van der Waals surface area contributed by atoms with E-state index in [1.54, 1.807) is 45.0 Å². The maximum absolute atomic E-state index is 14.1. The van der Waals surface area contributed by atoms with E-state index in [0.717, 1.165) is 5.56 Å². The molecule has 0 unspecified atom stereocenters. The number of amides is 1. The number of rotatable bonds is 2. The Morgan fingerprint density at radius 3 is 2.42 bits per heavy atom. The van der Waals surface area contributed by atoms with Crippen LogP contribution in [-0.4, -0.2) is 35.5 Å². The summed E-state index contributed by atoms with van der Waals surface area (Å²) < 4.78 is 48.0. The molecule has 0 atom stereocenters. The molecular formula is C23H25FN2O4S. The van der Waals surface area contributed by atoms with E-state index in [-0.39, 0.29) is 11.4 Å². The van der Waals surface area contributed by atoms with Gasteiger partial charge in [0.15, 0.2) is 0 Å². The third-order valence-corrected chi connectivity index (χ3v) is 7.04. The number of nitrogens with zero attached hydrogens (tertiary/aromatic N) is 2. The van der Waals surface area contributed by atoms with Gasteiger partial charge in [0.1, 0.15) is 11.4 Å². The molecule has 1 aliphatic heterocycles. The summed E-state index contributed by atoms with van der Waals surface area (Å²) in [7, 11) is -3.90. The van der Waals surface area contributed by atoms with Crippen LogP contribution < -0.4 is 0 Å². The number of hydrogen-bond donors (Lipinski definition) is 0. The predicted molar refractivity (Wildman–Crippen MR) is 116 cm³/mol. The molecule has 0 bridgehead atoms. The summed E-state index contributed by atoms with van der Waals surface area (Å²) in [5.74, 6) is -0.463. The first-order chi connectivity index (χ1) is 14.5. The monoisotopic (exact) mass is 444 g/mol. The number of fused-ring (bicyclic) bond motifs is 3. The predicted octanol–water partition coefficient (Wildman–Crippen LogP) is 4.62. The molecule has 0 saturated heterocycles. The molecular weight excluding hydrogens is 419 g/mol. The highest BCUT2D eigenvalue weighted by molar-refractivity contribution is 7.90. The molecule has 164 valence electrons. The van der Waals surface area contributed by atoms with E-state index >= 15 is 0 Å². The minimum absolute atomic E-state index is 0.153. The zero-order valence-corrected chi connectivity index (χ0v) is 18.8. The maximum atomic E-state index is 14.1. The average Bonchev–Trinajstić information content (AvgIpc) is 3.00. The number of carbonyl (C=O) groups is 1. The Labute approximate surface area is 181 Å². The summed E-state index contributed by atoms with van der Waals surface area (Å²) >= 11 is 0. The number of ether oxygens (including phenoxy) is 1. The Hall–Kier alpha value is -2.87. The molecule has 31 heavy (non-hydrogen) atoms. The molecule has 0 N–H and O–H groups in total. The second-order valence-electron chi connectivity index (χ2n) is 8.82. The van der Waals surface area contributed by atoms with Gasteiger partial charge in [0.05, 0.1) is 17.0 Å². The number of carbonyl (C=O) groups excluding carboxylic acids is 1. The van der Waals surface area contributed by atoms with Crippen molar-refractivity contribution >= 4 is 27.0 Å². The third-order valence-electron chi connectivity index (χ3n) is 5.27. The summed E-state index contributed by atoms with van der Waals surface area (Å²) in [6.45, 7) is 7.71. The van der Waals surface area contributed by atoms with Crippen molar-refractivity contribution in [3.8, 4) is 0 Å². The molecule has 1 amide bonds. The Kier molecular flexibility index (Phi) is 5.08. The lowest BCUT2D eigenvalue weighted by Crippen LogP contribution is -2.40. The summed E-state index contributed by atoms with van der Waals surface area (Å²) in [5, 5.41) is 0.485. The highest BCUT2D eigenvalue weighted by atomic mass is 32.2. The first kappa shape index (κ1) is 21.4. The van der Waals surface area contributed by atoms with E-state index in [4.69, 9.17) is 4.74 Å². The minimum atomic E-state index is -3.90. The molecule has 0 fully saturated rings. The third kappa shape index (κ3) is 3.92. The van der Waals surface area contributed by atoms with Gasteiger partial charge in [-0.25, -0.2) is 21.6 Å². The molecule has 2 heterocycles. The van der Waals surface area contributed by atoms with Gasteiger partial charge in [0, 0.05) is 29.6 Å². The normalized spacial score (nSPS) is 14.5. The van der Waals surface area contributed by atoms with Gasteiger partial charge in [0.2, 0.25) is 0 Å². The van der Waals surface area contributed by atoms with Crippen molar-refractivity contribution in [2.75, 3.05) is 6.54 Å². The van der Waals surface area contributed by atoms with Crippen LogP contribution in [-0.2, 0) is 27.7 Å². The van der Waals surface area contributed by atoms with Crippen LogP contribution in [0.15, 0.2) is 47.4 Å². The Balaban J connectivity index is 1.85. The Bertz CT molecular complexity index is 1270. The fourth-order valence-corrected chi connectivity index (χ4v) is 5.46. The Morgan fingerprint density at radius 2 is 1.77 bits per heavy atom. The van der Waals surface area contributed by atoms with Crippen LogP contribution in [0.5, 0.6) is 0 Å². The lowest BCUT2D eigenvalue weighted by Gasteiger charge is -2.30. The first-order valence-corrected chi connectivity index (χ1v) is 11.5. The highest BCUT2D eigenvalue weighted by Crippen LogP contribution is 2.35. The van der Waals surface area contributed by atoms with Crippen LogP contribution in [0.1, 0.15) is 37.6 Å². The summed E-state index contributed by atoms with van der Waals surface area (Å²) in [6, 6.07) is 10.7. The minimum Gasteiger partial charge on any atom is -0.444 e. The second kappa shape index (κ2) is 7.37. The van der Waals surface area contributed by atoms with Crippen molar-refractivity contribution in [1.29, 1.82) is 0 Å². The number of benzene rings is 2. The Morgan fingerprint density at radius 1 is 1.10 bits per heavy atom.